The Morgan fingerprint density at radius 3 is 2.53 bits per heavy atom. The van der Waals surface area contributed by atoms with Gasteiger partial charge in [0.15, 0.2) is 0 Å². The van der Waals surface area contributed by atoms with E-state index >= 15 is 0 Å². The Morgan fingerprint density at radius 1 is 1.32 bits per heavy atom. The van der Waals surface area contributed by atoms with Gasteiger partial charge in [-0.1, -0.05) is 27.7 Å². The van der Waals surface area contributed by atoms with Crippen molar-refractivity contribution in [1.82, 2.24) is 10.3 Å². The smallest absolute Gasteiger partial charge is 0.0962 e. The highest BCUT2D eigenvalue weighted by molar-refractivity contribution is 7.11. The van der Waals surface area contributed by atoms with Crippen LogP contribution in [0.4, 0.5) is 0 Å². The van der Waals surface area contributed by atoms with Gasteiger partial charge in [0.25, 0.3) is 0 Å². The lowest BCUT2D eigenvalue weighted by atomic mass is 9.73. The van der Waals surface area contributed by atoms with Gasteiger partial charge in [0.05, 0.1) is 10.7 Å². The zero-order chi connectivity index (χ0) is 14.0. The first kappa shape index (κ1) is 15.0. The first-order valence-electron chi connectivity index (χ1n) is 7.57. The molecule has 0 amide bonds. The highest BCUT2D eigenvalue weighted by atomic mass is 32.1. The zero-order valence-corrected chi connectivity index (χ0v) is 13.9. The van der Waals surface area contributed by atoms with Crippen LogP contribution in [0, 0.1) is 12.3 Å². The second kappa shape index (κ2) is 5.92. The molecular weight excluding hydrogens is 252 g/mol. The summed E-state index contributed by atoms with van der Waals surface area (Å²) in [6.45, 7) is 12.3. The quantitative estimate of drug-likeness (QED) is 0.869. The Balaban J connectivity index is 2.00. The van der Waals surface area contributed by atoms with Gasteiger partial charge in [0.2, 0.25) is 0 Å². The maximum Gasteiger partial charge on any atom is 0.0962 e. The van der Waals surface area contributed by atoms with Crippen LogP contribution in [0.5, 0.6) is 0 Å². The molecule has 2 rings (SSSR count). The van der Waals surface area contributed by atoms with E-state index in [0.717, 1.165) is 6.54 Å². The highest BCUT2D eigenvalue weighted by Gasteiger charge is 2.29. The van der Waals surface area contributed by atoms with Gasteiger partial charge in [-0.15, -0.1) is 11.3 Å². The molecule has 1 fully saturated rings. The Hall–Kier alpha value is -0.410. The minimum atomic E-state index is 0.542. The molecule has 0 aromatic carbocycles. The van der Waals surface area contributed by atoms with Crippen molar-refractivity contribution in [3.63, 3.8) is 0 Å². The van der Waals surface area contributed by atoms with E-state index in [4.69, 9.17) is 4.98 Å². The van der Waals surface area contributed by atoms with Crippen molar-refractivity contribution in [1.29, 1.82) is 0 Å². The van der Waals surface area contributed by atoms with E-state index in [9.17, 15) is 0 Å². The second-order valence-electron chi connectivity index (χ2n) is 7.03. The number of rotatable bonds is 4. The summed E-state index contributed by atoms with van der Waals surface area (Å²) in [5, 5.41) is 4.89. The topological polar surface area (TPSA) is 24.9 Å². The molecule has 0 radical (unpaired) electrons. The molecule has 1 saturated carbocycles. The molecule has 0 spiro atoms. The molecule has 1 aliphatic carbocycles. The average molecular weight is 280 g/mol. The minimum absolute atomic E-state index is 0.542. The summed E-state index contributed by atoms with van der Waals surface area (Å²) in [5.74, 6) is 0.713. The van der Waals surface area contributed by atoms with Crippen molar-refractivity contribution in [3.8, 4) is 0 Å². The molecule has 108 valence electrons. The van der Waals surface area contributed by atoms with Gasteiger partial charge in [-0.3, -0.25) is 0 Å². The lowest BCUT2D eigenvalue weighted by molar-refractivity contribution is 0.224. The van der Waals surface area contributed by atoms with Crippen LogP contribution in [-0.4, -0.2) is 11.0 Å². The van der Waals surface area contributed by atoms with Gasteiger partial charge in [0, 0.05) is 23.4 Å². The molecule has 1 aromatic heterocycles. The minimum Gasteiger partial charge on any atom is -0.310 e. The van der Waals surface area contributed by atoms with E-state index in [2.05, 4.69) is 39.9 Å². The predicted molar refractivity (Wildman–Crippen MR) is 83.8 cm³/mol. The Bertz CT molecular complexity index is 410. The molecular formula is C16H28N2S. The summed E-state index contributed by atoms with van der Waals surface area (Å²) in [6, 6.07) is 0.542. The number of hydrogen-bond acceptors (Lipinski definition) is 3. The summed E-state index contributed by atoms with van der Waals surface area (Å²) < 4.78 is 0. The zero-order valence-electron chi connectivity index (χ0n) is 13.0. The third-order valence-electron chi connectivity index (χ3n) is 4.27. The normalized spacial score (nSPS) is 20.1. The molecule has 0 bridgehead atoms. The predicted octanol–water partition coefficient (Wildman–Crippen LogP) is 4.63. The molecule has 1 aromatic rings. The highest BCUT2D eigenvalue weighted by Crippen LogP contribution is 2.43. The van der Waals surface area contributed by atoms with Gasteiger partial charge in [-0.05, 0) is 38.0 Å². The van der Waals surface area contributed by atoms with Crippen molar-refractivity contribution in [2.24, 2.45) is 5.41 Å². The first-order valence-corrected chi connectivity index (χ1v) is 8.38. The van der Waals surface area contributed by atoms with Crippen molar-refractivity contribution in [2.75, 3.05) is 0 Å². The van der Waals surface area contributed by atoms with E-state index in [1.54, 1.807) is 0 Å². The fraction of sp³-hybridized carbons (Fsp3) is 0.812. The summed E-state index contributed by atoms with van der Waals surface area (Å²) in [7, 11) is 0. The van der Waals surface area contributed by atoms with Crippen LogP contribution in [-0.2, 0) is 6.54 Å². The lowest BCUT2D eigenvalue weighted by Crippen LogP contribution is -2.21. The molecule has 0 aliphatic heterocycles. The molecule has 1 heterocycles. The Labute approximate surface area is 122 Å². The molecule has 0 unspecified atom stereocenters. The SMILES string of the molecule is Cc1nc(C2CCC(C)(C)CC2)sc1CNC(C)C. The summed E-state index contributed by atoms with van der Waals surface area (Å²) in [5.41, 5.74) is 1.78. The van der Waals surface area contributed by atoms with Crippen LogP contribution in [0.3, 0.4) is 0 Å². The monoisotopic (exact) mass is 280 g/mol. The number of aryl methyl sites for hydroxylation is 1. The fourth-order valence-corrected chi connectivity index (χ4v) is 3.92. The standard InChI is InChI=1S/C16H28N2S/c1-11(2)17-10-14-12(3)18-15(19-14)13-6-8-16(4,5)9-7-13/h11,13,17H,6-10H2,1-5H3. The van der Waals surface area contributed by atoms with Crippen LogP contribution in [0.15, 0.2) is 0 Å². The van der Waals surface area contributed by atoms with Crippen molar-refractivity contribution in [2.45, 2.75) is 78.8 Å². The first-order chi connectivity index (χ1) is 8.87. The molecule has 19 heavy (non-hydrogen) atoms. The Kier molecular flexibility index (Phi) is 4.67. The lowest BCUT2D eigenvalue weighted by Gasteiger charge is -2.33. The largest absolute Gasteiger partial charge is 0.310 e. The summed E-state index contributed by atoms with van der Waals surface area (Å²) in [4.78, 5) is 6.26. The summed E-state index contributed by atoms with van der Waals surface area (Å²) in [6.07, 6.45) is 5.32. The van der Waals surface area contributed by atoms with Gasteiger partial charge in [0.1, 0.15) is 0 Å². The number of hydrogen-bond donors (Lipinski definition) is 1. The van der Waals surface area contributed by atoms with Crippen molar-refractivity contribution < 1.29 is 0 Å². The van der Waals surface area contributed by atoms with Crippen LogP contribution in [0.25, 0.3) is 0 Å². The van der Waals surface area contributed by atoms with Crippen LogP contribution < -0.4 is 5.32 Å². The number of aromatic nitrogens is 1. The van der Waals surface area contributed by atoms with Crippen LogP contribution in [0.2, 0.25) is 0 Å². The third kappa shape index (κ3) is 4.03. The Morgan fingerprint density at radius 2 is 1.95 bits per heavy atom. The molecule has 2 nitrogen and oxygen atoms in total. The molecule has 0 saturated heterocycles. The van der Waals surface area contributed by atoms with E-state index in [-0.39, 0.29) is 0 Å². The third-order valence-corrected chi connectivity index (χ3v) is 5.59. The maximum atomic E-state index is 4.84. The summed E-state index contributed by atoms with van der Waals surface area (Å²) >= 11 is 1.93. The maximum absolute atomic E-state index is 4.84. The van der Waals surface area contributed by atoms with Crippen LogP contribution >= 0.6 is 11.3 Å². The van der Waals surface area contributed by atoms with Gasteiger partial charge < -0.3 is 5.32 Å². The average Bonchev–Trinajstić information content (AvgIpc) is 2.68. The molecule has 3 heteroatoms. The number of thiazole rings is 1. The fourth-order valence-electron chi connectivity index (χ4n) is 2.73. The van der Waals surface area contributed by atoms with Crippen molar-refractivity contribution >= 4 is 11.3 Å². The molecule has 1 aliphatic rings. The second-order valence-corrected chi connectivity index (χ2v) is 8.15. The van der Waals surface area contributed by atoms with E-state index in [1.165, 1.54) is 41.3 Å². The van der Waals surface area contributed by atoms with Gasteiger partial charge in [-0.2, -0.15) is 0 Å². The van der Waals surface area contributed by atoms with Gasteiger partial charge in [-0.25, -0.2) is 4.98 Å². The van der Waals surface area contributed by atoms with Crippen molar-refractivity contribution in [3.05, 3.63) is 15.6 Å². The van der Waals surface area contributed by atoms with Crippen LogP contribution in [0.1, 0.15) is 74.9 Å². The van der Waals surface area contributed by atoms with E-state index < -0.39 is 0 Å². The number of nitrogens with zero attached hydrogens (tertiary/aromatic N) is 1. The van der Waals surface area contributed by atoms with E-state index in [1.807, 2.05) is 11.3 Å². The molecule has 0 atom stereocenters. The van der Waals surface area contributed by atoms with E-state index in [0.29, 0.717) is 17.4 Å². The number of nitrogens with one attached hydrogen (secondary N) is 1. The van der Waals surface area contributed by atoms with Gasteiger partial charge >= 0.3 is 0 Å². The molecule has 1 N–H and O–H groups in total.